The average Bonchev–Trinajstić information content (AvgIpc) is 2.55. The van der Waals surface area contributed by atoms with Gasteiger partial charge >= 0.3 is 0 Å². The van der Waals surface area contributed by atoms with E-state index in [1.807, 2.05) is 6.07 Å². The maximum absolute atomic E-state index is 6.15. The molecule has 0 aliphatic carbocycles. The molecular formula is C20H22ClN. The molecule has 0 N–H and O–H groups in total. The summed E-state index contributed by atoms with van der Waals surface area (Å²) in [5.41, 5.74) is 4.14. The van der Waals surface area contributed by atoms with Gasteiger partial charge in [-0.1, -0.05) is 73.3 Å². The van der Waals surface area contributed by atoms with E-state index in [0.29, 0.717) is 5.92 Å². The van der Waals surface area contributed by atoms with Gasteiger partial charge in [-0.2, -0.15) is 0 Å². The van der Waals surface area contributed by atoms with Gasteiger partial charge in [-0.15, -0.1) is 0 Å². The van der Waals surface area contributed by atoms with Crippen LogP contribution in [0.15, 0.2) is 73.8 Å². The zero-order valence-electron chi connectivity index (χ0n) is 13.0. The van der Waals surface area contributed by atoms with Crippen molar-refractivity contribution in [3.05, 3.63) is 95.6 Å². The van der Waals surface area contributed by atoms with Crippen LogP contribution >= 0.6 is 11.6 Å². The first-order valence-electron chi connectivity index (χ1n) is 7.41. The molecule has 1 unspecified atom stereocenters. The zero-order valence-corrected chi connectivity index (χ0v) is 13.8. The predicted molar refractivity (Wildman–Crippen MR) is 96.5 cm³/mol. The minimum atomic E-state index is 0.429. The Labute approximate surface area is 138 Å². The molecule has 0 radical (unpaired) electrons. The van der Waals surface area contributed by atoms with Crippen LogP contribution in [0.2, 0.25) is 5.02 Å². The number of allylic oxidation sites excluding steroid dienone is 2. The maximum Gasteiger partial charge on any atom is 0.0409 e. The summed E-state index contributed by atoms with van der Waals surface area (Å²) in [7, 11) is 2.17. The Balaban J connectivity index is 0.000000396. The fraction of sp³-hybridized carbons (Fsp3) is 0.200. The molecule has 3 rings (SSSR count). The molecule has 114 valence electrons. The Morgan fingerprint density at radius 3 is 2.41 bits per heavy atom. The molecule has 0 amide bonds. The minimum absolute atomic E-state index is 0.429. The normalized spacial score (nSPS) is 16.9. The van der Waals surface area contributed by atoms with Crippen molar-refractivity contribution in [1.29, 1.82) is 0 Å². The van der Waals surface area contributed by atoms with Gasteiger partial charge in [0.05, 0.1) is 0 Å². The van der Waals surface area contributed by atoms with Gasteiger partial charge in [0.15, 0.2) is 0 Å². The number of likely N-dealkylation sites (N-methyl/N-ethyl adjacent to an activating group) is 1. The first kappa shape index (κ1) is 16.5. The van der Waals surface area contributed by atoms with E-state index in [4.69, 9.17) is 11.6 Å². The number of fused-ring (bicyclic) bond motifs is 1. The SMILES string of the molecule is C=CC=C.CN1Cc2ccc(Cl)cc2C(c2ccccc2)C1. The van der Waals surface area contributed by atoms with Crippen LogP contribution in [0, 0.1) is 0 Å². The summed E-state index contributed by atoms with van der Waals surface area (Å²) in [6.07, 6.45) is 3.28. The van der Waals surface area contributed by atoms with Gasteiger partial charge in [-0.05, 0) is 35.9 Å². The first-order chi connectivity index (χ1) is 10.7. The molecule has 1 nitrogen and oxygen atoms in total. The highest BCUT2D eigenvalue weighted by Crippen LogP contribution is 2.34. The van der Waals surface area contributed by atoms with Crippen molar-refractivity contribution >= 4 is 11.6 Å². The molecular weight excluding hydrogens is 290 g/mol. The van der Waals surface area contributed by atoms with E-state index < -0.39 is 0 Å². The molecule has 0 spiro atoms. The third-order valence-corrected chi connectivity index (χ3v) is 4.02. The van der Waals surface area contributed by atoms with Crippen molar-refractivity contribution in [2.45, 2.75) is 12.5 Å². The number of halogens is 1. The highest BCUT2D eigenvalue weighted by atomic mass is 35.5. The zero-order chi connectivity index (χ0) is 15.9. The predicted octanol–water partition coefficient (Wildman–Crippen LogP) is 5.28. The van der Waals surface area contributed by atoms with Crippen molar-refractivity contribution in [3.8, 4) is 0 Å². The van der Waals surface area contributed by atoms with Crippen molar-refractivity contribution in [3.63, 3.8) is 0 Å². The van der Waals surface area contributed by atoms with E-state index in [9.17, 15) is 0 Å². The van der Waals surface area contributed by atoms with Gasteiger partial charge < -0.3 is 4.90 Å². The van der Waals surface area contributed by atoms with E-state index in [0.717, 1.165) is 18.1 Å². The molecule has 2 heteroatoms. The minimum Gasteiger partial charge on any atom is -0.301 e. The standard InChI is InChI=1S/C16H16ClN.C4H6/c1-18-10-13-7-8-14(17)9-15(13)16(11-18)12-5-3-2-4-6-12;1-3-4-2/h2-9,16H,10-11H2,1H3;3-4H,1-2H2. The molecule has 1 aliphatic heterocycles. The third kappa shape index (κ3) is 4.09. The lowest BCUT2D eigenvalue weighted by atomic mass is 9.85. The van der Waals surface area contributed by atoms with Crippen molar-refractivity contribution in [2.24, 2.45) is 0 Å². The lowest BCUT2D eigenvalue weighted by molar-refractivity contribution is 0.295. The van der Waals surface area contributed by atoms with Crippen LogP contribution in [0.25, 0.3) is 0 Å². The maximum atomic E-state index is 6.15. The van der Waals surface area contributed by atoms with Gasteiger partial charge in [0.2, 0.25) is 0 Å². The van der Waals surface area contributed by atoms with Crippen LogP contribution in [0.3, 0.4) is 0 Å². The monoisotopic (exact) mass is 311 g/mol. The highest BCUT2D eigenvalue weighted by molar-refractivity contribution is 6.30. The van der Waals surface area contributed by atoms with Crippen LogP contribution in [0.4, 0.5) is 0 Å². The topological polar surface area (TPSA) is 3.24 Å². The lowest BCUT2D eigenvalue weighted by Crippen LogP contribution is -2.30. The van der Waals surface area contributed by atoms with E-state index in [-0.39, 0.29) is 0 Å². The third-order valence-electron chi connectivity index (χ3n) is 3.79. The molecule has 0 aromatic heterocycles. The highest BCUT2D eigenvalue weighted by Gasteiger charge is 2.24. The molecule has 1 heterocycles. The molecule has 22 heavy (non-hydrogen) atoms. The van der Waals surface area contributed by atoms with Crippen molar-refractivity contribution < 1.29 is 0 Å². The van der Waals surface area contributed by atoms with E-state index >= 15 is 0 Å². The van der Waals surface area contributed by atoms with E-state index in [1.165, 1.54) is 16.7 Å². The van der Waals surface area contributed by atoms with Crippen molar-refractivity contribution in [1.82, 2.24) is 4.90 Å². The molecule has 1 atom stereocenters. The molecule has 2 aromatic rings. The van der Waals surface area contributed by atoms with E-state index in [2.05, 4.69) is 67.6 Å². The Hall–Kier alpha value is -1.83. The Morgan fingerprint density at radius 2 is 1.77 bits per heavy atom. The Kier molecular flexibility index (Phi) is 6.00. The van der Waals surface area contributed by atoms with Gasteiger partial charge in [-0.3, -0.25) is 0 Å². The van der Waals surface area contributed by atoms with E-state index in [1.54, 1.807) is 12.2 Å². The summed E-state index contributed by atoms with van der Waals surface area (Å²) in [5.74, 6) is 0.429. The van der Waals surface area contributed by atoms with Crippen LogP contribution in [0.5, 0.6) is 0 Å². The summed E-state index contributed by atoms with van der Waals surface area (Å²) in [6, 6.07) is 17.0. The Morgan fingerprint density at radius 1 is 1.09 bits per heavy atom. The van der Waals surface area contributed by atoms with Crippen molar-refractivity contribution in [2.75, 3.05) is 13.6 Å². The summed E-state index contributed by atoms with van der Waals surface area (Å²) >= 11 is 6.15. The number of benzene rings is 2. The largest absolute Gasteiger partial charge is 0.301 e. The quantitative estimate of drug-likeness (QED) is 0.682. The second-order valence-corrected chi connectivity index (χ2v) is 5.91. The average molecular weight is 312 g/mol. The fourth-order valence-corrected chi connectivity index (χ4v) is 2.95. The molecule has 2 aromatic carbocycles. The van der Waals surface area contributed by atoms with Crippen LogP contribution in [0.1, 0.15) is 22.6 Å². The van der Waals surface area contributed by atoms with Crippen LogP contribution < -0.4 is 0 Å². The van der Waals surface area contributed by atoms with Gasteiger partial charge in [0, 0.05) is 24.0 Å². The van der Waals surface area contributed by atoms with Gasteiger partial charge in [-0.25, -0.2) is 0 Å². The summed E-state index contributed by atoms with van der Waals surface area (Å²) < 4.78 is 0. The summed E-state index contributed by atoms with van der Waals surface area (Å²) in [6.45, 7) is 8.78. The van der Waals surface area contributed by atoms with Crippen LogP contribution in [-0.2, 0) is 6.54 Å². The summed E-state index contributed by atoms with van der Waals surface area (Å²) in [5, 5.41) is 0.833. The molecule has 0 bridgehead atoms. The fourth-order valence-electron chi connectivity index (χ4n) is 2.77. The number of rotatable bonds is 2. The molecule has 0 saturated carbocycles. The number of hydrogen-bond acceptors (Lipinski definition) is 1. The summed E-state index contributed by atoms with van der Waals surface area (Å²) in [4.78, 5) is 2.37. The smallest absolute Gasteiger partial charge is 0.0409 e. The second kappa shape index (κ2) is 7.98. The second-order valence-electron chi connectivity index (χ2n) is 5.47. The first-order valence-corrected chi connectivity index (χ1v) is 7.78. The Bertz CT molecular complexity index is 627. The number of nitrogens with zero attached hydrogens (tertiary/aromatic N) is 1. The number of hydrogen-bond donors (Lipinski definition) is 0. The van der Waals surface area contributed by atoms with Gasteiger partial charge in [0.25, 0.3) is 0 Å². The molecule has 1 aliphatic rings. The molecule has 0 saturated heterocycles. The molecule has 0 fully saturated rings. The lowest BCUT2D eigenvalue weighted by Gasteiger charge is -2.32. The van der Waals surface area contributed by atoms with Crippen LogP contribution in [-0.4, -0.2) is 18.5 Å². The van der Waals surface area contributed by atoms with Gasteiger partial charge in [0.1, 0.15) is 0 Å².